The average Bonchev–Trinajstić information content (AvgIpc) is 2.94. The molecule has 0 aromatic heterocycles. The van der Waals surface area contributed by atoms with Gasteiger partial charge in [0.1, 0.15) is 5.75 Å². The first-order chi connectivity index (χ1) is 21.7. The van der Waals surface area contributed by atoms with Gasteiger partial charge >= 0.3 is 6.18 Å². The molecule has 0 aliphatic heterocycles. The average molecular weight is 658 g/mol. The van der Waals surface area contributed by atoms with Gasteiger partial charge in [-0.05, 0) is 62.7 Å². The number of likely N-dealkylation sites (N-methyl/N-ethyl adjacent to an activating group) is 2. The summed E-state index contributed by atoms with van der Waals surface area (Å²) >= 11 is 0. The highest BCUT2D eigenvalue weighted by atomic mass is 19.4. The molecule has 13 heteroatoms. The maximum Gasteiger partial charge on any atom is 0.417 e. The van der Waals surface area contributed by atoms with Crippen molar-refractivity contribution in [3.8, 4) is 5.75 Å². The molecule has 2 fully saturated rings. The zero-order valence-electron chi connectivity index (χ0n) is 26.7. The molecule has 6 atom stereocenters. The van der Waals surface area contributed by atoms with Gasteiger partial charge in [-0.15, -0.1) is 0 Å². The third-order valence-corrected chi connectivity index (χ3v) is 10.1. The molecule has 0 saturated heterocycles. The van der Waals surface area contributed by atoms with Crippen molar-refractivity contribution in [2.75, 3.05) is 27.7 Å². The van der Waals surface area contributed by atoms with E-state index in [4.69, 9.17) is 5.73 Å². The standard InChI is InChI=1S/C34H38F3N3O7/c1-32(2,18-9-7-6-8-10-18)15-40(5)14-17-13-21(41)23-19(25(17)34(35,36)37)11-16-12-20-26(39(3)4)28(43)24(31(38)46)30(45)33(20,47)29(44)22(16)27(23)42/h6-10,13,16,20,22,24,26,41,47H,11-12,14-15H2,1-5H3,(H2,38,46)/t16-,20-,22?,24?,26-,33-/m0/s1. The Morgan fingerprint density at radius 3 is 2.21 bits per heavy atom. The lowest BCUT2D eigenvalue weighted by Gasteiger charge is -2.52. The number of nitrogens with two attached hydrogens (primary N) is 1. The van der Waals surface area contributed by atoms with Crippen LogP contribution in [0.5, 0.6) is 5.75 Å². The molecule has 4 N–H and O–H groups in total. The third-order valence-electron chi connectivity index (χ3n) is 10.1. The number of benzene rings is 2. The highest BCUT2D eigenvalue weighted by Crippen LogP contribution is 2.52. The summed E-state index contributed by atoms with van der Waals surface area (Å²) in [5.74, 6) is -13.5. The van der Waals surface area contributed by atoms with E-state index in [0.29, 0.717) is 6.54 Å². The fourth-order valence-electron chi connectivity index (χ4n) is 8.22. The van der Waals surface area contributed by atoms with Gasteiger partial charge < -0.3 is 20.8 Å². The summed E-state index contributed by atoms with van der Waals surface area (Å²) in [6.07, 6.45) is -5.79. The Kier molecular flexibility index (Phi) is 8.52. The van der Waals surface area contributed by atoms with E-state index in [2.05, 4.69) is 0 Å². The van der Waals surface area contributed by atoms with Crippen LogP contribution >= 0.6 is 0 Å². The van der Waals surface area contributed by atoms with Crippen LogP contribution in [0, 0.1) is 23.7 Å². The Hall–Kier alpha value is -3.94. The molecule has 252 valence electrons. The number of fused-ring (bicyclic) bond motifs is 3. The Bertz CT molecular complexity index is 1670. The van der Waals surface area contributed by atoms with Crippen LogP contribution < -0.4 is 5.73 Å². The second kappa shape index (κ2) is 11.6. The highest BCUT2D eigenvalue weighted by Gasteiger charge is 2.69. The lowest BCUT2D eigenvalue weighted by Crippen LogP contribution is -2.74. The molecule has 0 spiro atoms. The normalized spacial score (nSPS) is 27.9. The van der Waals surface area contributed by atoms with E-state index in [-0.39, 0.29) is 18.5 Å². The number of rotatable bonds is 7. The smallest absolute Gasteiger partial charge is 0.417 e. The number of phenolic OH excluding ortho intramolecular Hbond substituents is 1. The molecule has 3 aliphatic rings. The van der Waals surface area contributed by atoms with Gasteiger partial charge in [0.15, 0.2) is 34.7 Å². The number of primary amides is 1. The zero-order valence-corrected chi connectivity index (χ0v) is 26.7. The number of ketones is 4. The van der Waals surface area contributed by atoms with Crippen molar-refractivity contribution in [1.29, 1.82) is 0 Å². The SMILES string of the molecule is CN(Cc1cc(O)c2c(c1C(F)(F)F)C[C@H]1C[C@H]3[C@H](N(C)C)C(=O)C(C(N)=O)C(=O)[C@@]3(O)C(=O)C1C2=O)CC(C)(C)c1ccccc1. The molecule has 2 aromatic carbocycles. The number of halogens is 3. The van der Waals surface area contributed by atoms with Gasteiger partial charge in [0.25, 0.3) is 0 Å². The van der Waals surface area contributed by atoms with Gasteiger partial charge in [-0.3, -0.25) is 28.9 Å². The van der Waals surface area contributed by atoms with Crippen LogP contribution in [0.2, 0.25) is 0 Å². The number of carbonyl (C=O) groups is 5. The molecule has 47 heavy (non-hydrogen) atoms. The summed E-state index contributed by atoms with van der Waals surface area (Å²) in [5.41, 5.74) is 0.361. The second-order valence-electron chi connectivity index (χ2n) is 14.0. The maximum atomic E-state index is 14.9. The fourth-order valence-corrected chi connectivity index (χ4v) is 8.22. The number of aliphatic hydroxyl groups is 1. The van der Waals surface area contributed by atoms with Crippen LogP contribution in [0.3, 0.4) is 0 Å². The molecule has 3 aliphatic carbocycles. The van der Waals surface area contributed by atoms with Crippen molar-refractivity contribution in [2.45, 2.75) is 56.5 Å². The van der Waals surface area contributed by atoms with Crippen LogP contribution in [-0.4, -0.2) is 88.4 Å². The molecule has 1 amide bonds. The molecule has 0 radical (unpaired) electrons. The van der Waals surface area contributed by atoms with Gasteiger partial charge in [-0.25, -0.2) is 0 Å². The van der Waals surface area contributed by atoms with Crippen LogP contribution in [-0.2, 0) is 43.7 Å². The first-order valence-corrected chi connectivity index (χ1v) is 15.3. The minimum Gasteiger partial charge on any atom is -0.507 e. The predicted molar refractivity (Wildman–Crippen MR) is 162 cm³/mol. The van der Waals surface area contributed by atoms with Gasteiger partial charge in [-0.2, -0.15) is 13.2 Å². The lowest BCUT2D eigenvalue weighted by molar-refractivity contribution is -0.181. The summed E-state index contributed by atoms with van der Waals surface area (Å²) in [7, 11) is 4.51. The number of phenols is 1. The maximum absolute atomic E-state index is 14.9. The number of hydrogen-bond donors (Lipinski definition) is 3. The Labute approximate surface area is 269 Å². The van der Waals surface area contributed by atoms with E-state index in [1.807, 2.05) is 44.2 Å². The van der Waals surface area contributed by atoms with Gasteiger partial charge in [0.2, 0.25) is 5.91 Å². The zero-order chi connectivity index (χ0) is 35.0. The minimum absolute atomic E-state index is 0.226. The van der Waals surface area contributed by atoms with E-state index in [1.165, 1.54) is 19.0 Å². The van der Waals surface area contributed by atoms with Crippen molar-refractivity contribution in [3.63, 3.8) is 0 Å². The molecule has 2 saturated carbocycles. The van der Waals surface area contributed by atoms with E-state index in [0.717, 1.165) is 11.6 Å². The second-order valence-corrected chi connectivity index (χ2v) is 14.0. The van der Waals surface area contributed by atoms with Crippen LogP contribution in [0.25, 0.3) is 0 Å². The summed E-state index contributed by atoms with van der Waals surface area (Å²) < 4.78 is 44.7. The number of alkyl halides is 3. The molecule has 0 heterocycles. The Morgan fingerprint density at radius 1 is 1.04 bits per heavy atom. The van der Waals surface area contributed by atoms with Crippen LogP contribution in [0.4, 0.5) is 13.2 Å². The first kappa shape index (κ1) is 34.4. The first-order valence-electron chi connectivity index (χ1n) is 15.3. The van der Waals surface area contributed by atoms with Crippen LogP contribution in [0.15, 0.2) is 36.4 Å². The fraction of sp³-hybridized carbons (Fsp3) is 0.500. The van der Waals surface area contributed by atoms with Gasteiger partial charge in [0, 0.05) is 24.4 Å². The Morgan fingerprint density at radius 2 is 1.66 bits per heavy atom. The van der Waals surface area contributed by atoms with Crippen molar-refractivity contribution < 1.29 is 47.4 Å². The molecular weight excluding hydrogens is 619 g/mol. The quantitative estimate of drug-likeness (QED) is 0.380. The van der Waals surface area contributed by atoms with Crippen LogP contribution in [0.1, 0.15) is 52.9 Å². The summed E-state index contributed by atoms with van der Waals surface area (Å²) in [6.45, 7) is 4.04. The monoisotopic (exact) mass is 657 g/mol. The number of carbonyl (C=O) groups excluding carboxylic acids is 5. The molecule has 5 rings (SSSR count). The number of Topliss-reactive ketones (excluding diaryl/α,β-unsaturated/α-hetero) is 4. The molecule has 10 nitrogen and oxygen atoms in total. The lowest BCUT2D eigenvalue weighted by atomic mass is 9.52. The third kappa shape index (κ3) is 5.47. The topological polar surface area (TPSA) is 158 Å². The molecule has 2 unspecified atom stereocenters. The van der Waals surface area contributed by atoms with Crippen molar-refractivity contribution >= 4 is 29.0 Å². The summed E-state index contributed by atoms with van der Waals surface area (Å²) in [4.78, 5) is 69.7. The predicted octanol–water partition coefficient (Wildman–Crippen LogP) is 2.30. The van der Waals surface area contributed by atoms with Crippen molar-refractivity contribution in [3.05, 3.63) is 64.2 Å². The summed E-state index contributed by atoms with van der Waals surface area (Å²) in [6, 6.07) is 8.98. The molecular formula is C34H38F3N3O7. The number of amides is 1. The summed E-state index contributed by atoms with van der Waals surface area (Å²) in [5, 5.41) is 22.7. The van der Waals surface area contributed by atoms with E-state index >= 15 is 0 Å². The molecule has 2 aromatic rings. The van der Waals surface area contributed by atoms with E-state index < -0.39 is 105 Å². The van der Waals surface area contributed by atoms with E-state index in [1.54, 1.807) is 11.9 Å². The number of aromatic hydroxyl groups is 1. The number of hydrogen-bond acceptors (Lipinski definition) is 9. The highest BCUT2D eigenvalue weighted by molar-refractivity contribution is 6.32. The van der Waals surface area contributed by atoms with Gasteiger partial charge in [-0.1, -0.05) is 44.2 Å². The number of nitrogens with zero attached hydrogens (tertiary/aromatic N) is 2. The van der Waals surface area contributed by atoms with Crippen molar-refractivity contribution in [1.82, 2.24) is 9.80 Å². The van der Waals surface area contributed by atoms with E-state index in [9.17, 15) is 47.4 Å². The molecule has 0 bridgehead atoms. The minimum atomic E-state index is -4.95. The Balaban J connectivity index is 1.58. The van der Waals surface area contributed by atoms with Gasteiger partial charge in [0.05, 0.1) is 23.1 Å². The van der Waals surface area contributed by atoms with Crippen molar-refractivity contribution in [2.24, 2.45) is 29.4 Å². The largest absolute Gasteiger partial charge is 0.507 e.